The Balaban J connectivity index is 1.70. The highest BCUT2D eigenvalue weighted by Gasteiger charge is 2.28. The monoisotopic (exact) mass is 321 g/mol. The van der Waals surface area contributed by atoms with Crippen molar-refractivity contribution in [3.05, 3.63) is 77.9 Å². The van der Waals surface area contributed by atoms with Crippen molar-refractivity contribution >= 4 is 11.5 Å². The summed E-state index contributed by atoms with van der Waals surface area (Å²) in [6.07, 6.45) is 4.46. The minimum atomic E-state index is -0.700. The molecule has 0 spiro atoms. The number of likely N-dealkylation sites (tertiary alicyclic amines) is 1. The summed E-state index contributed by atoms with van der Waals surface area (Å²) in [6, 6.07) is 21.1. The molecule has 3 heteroatoms. The Bertz CT molecular complexity index is 653. The zero-order valence-corrected chi connectivity index (χ0v) is 13.8. The maximum Gasteiger partial charge on any atom is 0.304 e. The normalized spacial score (nSPS) is 17.1. The van der Waals surface area contributed by atoms with Crippen LogP contribution in [0.4, 0.5) is 0 Å². The number of hydrogen-bond acceptors (Lipinski definition) is 2. The van der Waals surface area contributed by atoms with Crippen molar-refractivity contribution in [2.24, 2.45) is 0 Å². The molecule has 3 rings (SSSR count). The lowest BCUT2D eigenvalue weighted by molar-refractivity contribution is -0.139. The Kier molecular flexibility index (Phi) is 5.44. The summed E-state index contributed by atoms with van der Waals surface area (Å²) in [4.78, 5) is 13.1. The number of carboxylic acids is 1. The van der Waals surface area contributed by atoms with E-state index in [0.29, 0.717) is 0 Å². The molecule has 2 aromatic rings. The SMILES string of the molecule is O=C(O)CC1CCN1CCC=C(c1ccccc1)c1ccccc1. The van der Waals surface area contributed by atoms with Gasteiger partial charge in [-0.15, -0.1) is 0 Å². The summed E-state index contributed by atoms with van der Waals surface area (Å²) >= 11 is 0. The van der Waals surface area contributed by atoms with Gasteiger partial charge in [0.15, 0.2) is 0 Å². The first kappa shape index (κ1) is 16.5. The molecule has 0 amide bonds. The molecule has 2 aromatic carbocycles. The van der Waals surface area contributed by atoms with E-state index in [4.69, 9.17) is 5.11 Å². The van der Waals surface area contributed by atoms with E-state index in [-0.39, 0.29) is 12.5 Å². The van der Waals surface area contributed by atoms with E-state index in [9.17, 15) is 4.79 Å². The Morgan fingerprint density at radius 3 is 2.08 bits per heavy atom. The summed E-state index contributed by atoms with van der Waals surface area (Å²) in [5, 5.41) is 8.94. The van der Waals surface area contributed by atoms with Crippen LogP contribution in [-0.2, 0) is 4.79 Å². The smallest absolute Gasteiger partial charge is 0.304 e. The van der Waals surface area contributed by atoms with Crippen LogP contribution in [0.2, 0.25) is 0 Å². The van der Waals surface area contributed by atoms with E-state index in [0.717, 1.165) is 25.9 Å². The van der Waals surface area contributed by atoms with Crippen LogP contribution in [0.25, 0.3) is 5.57 Å². The molecule has 0 bridgehead atoms. The summed E-state index contributed by atoms with van der Waals surface area (Å²) in [6.45, 7) is 1.93. The lowest BCUT2D eigenvalue weighted by atomic mass is 9.96. The Hall–Kier alpha value is -2.39. The molecule has 3 nitrogen and oxygen atoms in total. The summed E-state index contributed by atoms with van der Waals surface area (Å²) < 4.78 is 0. The minimum absolute atomic E-state index is 0.216. The zero-order valence-electron chi connectivity index (χ0n) is 13.8. The van der Waals surface area contributed by atoms with Crippen LogP contribution in [0, 0.1) is 0 Å². The summed E-state index contributed by atoms with van der Waals surface area (Å²) in [7, 11) is 0. The van der Waals surface area contributed by atoms with Gasteiger partial charge < -0.3 is 5.11 Å². The largest absolute Gasteiger partial charge is 0.481 e. The van der Waals surface area contributed by atoms with E-state index in [1.165, 1.54) is 16.7 Å². The molecule has 1 atom stereocenters. The van der Waals surface area contributed by atoms with Gasteiger partial charge in [-0.1, -0.05) is 66.7 Å². The van der Waals surface area contributed by atoms with Crippen LogP contribution >= 0.6 is 0 Å². The minimum Gasteiger partial charge on any atom is -0.481 e. The summed E-state index contributed by atoms with van der Waals surface area (Å²) in [5.74, 6) is -0.700. The van der Waals surface area contributed by atoms with E-state index in [1.807, 2.05) is 12.1 Å². The third kappa shape index (κ3) is 4.12. The van der Waals surface area contributed by atoms with E-state index in [2.05, 4.69) is 59.5 Å². The number of rotatable bonds is 7. The topological polar surface area (TPSA) is 40.5 Å². The van der Waals surface area contributed by atoms with Crippen molar-refractivity contribution in [1.29, 1.82) is 0 Å². The van der Waals surface area contributed by atoms with Crippen molar-refractivity contribution in [2.45, 2.75) is 25.3 Å². The first-order chi connectivity index (χ1) is 11.7. The molecule has 1 fully saturated rings. The van der Waals surface area contributed by atoms with Crippen molar-refractivity contribution in [1.82, 2.24) is 4.90 Å². The van der Waals surface area contributed by atoms with E-state index < -0.39 is 5.97 Å². The van der Waals surface area contributed by atoms with Crippen LogP contribution in [0.15, 0.2) is 66.7 Å². The Morgan fingerprint density at radius 1 is 1.04 bits per heavy atom. The second-order valence-corrected chi connectivity index (χ2v) is 6.21. The number of nitrogens with zero attached hydrogens (tertiary/aromatic N) is 1. The van der Waals surface area contributed by atoms with Crippen molar-refractivity contribution in [3.8, 4) is 0 Å². The average molecular weight is 321 g/mol. The number of carboxylic acid groups (broad SMARTS) is 1. The molecule has 24 heavy (non-hydrogen) atoms. The molecule has 0 saturated carbocycles. The van der Waals surface area contributed by atoms with Gasteiger partial charge in [0.05, 0.1) is 6.42 Å². The van der Waals surface area contributed by atoms with E-state index >= 15 is 0 Å². The second kappa shape index (κ2) is 7.93. The van der Waals surface area contributed by atoms with Crippen LogP contribution in [0.1, 0.15) is 30.4 Å². The first-order valence-electron chi connectivity index (χ1n) is 8.51. The fourth-order valence-electron chi connectivity index (χ4n) is 3.23. The molecule has 0 radical (unpaired) electrons. The number of hydrogen-bond donors (Lipinski definition) is 1. The second-order valence-electron chi connectivity index (χ2n) is 6.21. The molecular formula is C21H23NO2. The predicted octanol–water partition coefficient (Wildman–Crippen LogP) is 4.06. The molecule has 1 unspecified atom stereocenters. The molecule has 1 heterocycles. The third-order valence-electron chi connectivity index (χ3n) is 4.61. The maximum absolute atomic E-state index is 10.9. The van der Waals surface area contributed by atoms with Gasteiger partial charge in [-0.3, -0.25) is 9.69 Å². The summed E-state index contributed by atoms with van der Waals surface area (Å²) in [5.41, 5.74) is 3.68. The van der Waals surface area contributed by atoms with Gasteiger partial charge in [-0.2, -0.15) is 0 Å². The first-order valence-corrected chi connectivity index (χ1v) is 8.51. The van der Waals surface area contributed by atoms with Gasteiger partial charge in [0.2, 0.25) is 0 Å². The molecule has 1 saturated heterocycles. The third-order valence-corrected chi connectivity index (χ3v) is 4.61. The predicted molar refractivity (Wildman–Crippen MR) is 96.8 cm³/mol. The molecule has 0 aromatic heterocycles. The zero-order chi connectivity index (χ0) is 16.8. The van der Waals surface area contributed by atoms with Gasteiger partial charge in [0, 0.05) is 12.6 Å². The fourth-order valence-corrected chi connectivity index (χ4v) is 3.23. The molecule has 124 valence electrons. The number of aliphatic carboxylic acids is 1. The highest BCUT2D eigenvalue weighted by molar-refractivity contribution is 5.79. The highest BCUT2D eigenvalue weighted by Crippen LogP contribution is 2.25. The number of benzene rings is 2. The molecule has 1 aliphatic heterocycles. The van der Waals surface area contributed by atoms with Crippen LogP contribution in [0.5, 0.6) is 0 Å². The molecular weight excluding hydrogens is 298 g/mol. The van der Waals surface area contributed by atoms with Crippen LogP contribution < -0.4 is 0 Å². The van der Waals surface area contributed by atoms with Crippen molar-refractivity contribution in [3.63, 3.8) is 0 Å². The maximum atomic E-state index is 10.9. The van der Waals surface area contributed by atoms with Crippen LogP contribution in [-0.4, -0.2) is 35.1 Å². The van der Waals surface area contributed by atoms with Gasteiger partial charge in [0.25, 0.3) is 0 Å². The molecule has 1 N–H and O–H groups in total. The van der Waals surface area contributed by atoms with Gasteiger partial charge in [0.1, 0.15) is 0 Å². The van der Waals surface area contributed by atoms with Crippen molar-refractivity contribution < 1.29 is 9.90 Å². The average Bonchev–Trinajstić information content (AvgIpc) is 2.60. The molecule has 0 aliphatic carbocycles. The van der Waals surface area contributed by atoms with Gasteiger partial charge in [-0.25, -0.2) is 0 Å². The lowest BCUT2D eigenvalue weighted by Crippen LogP contribution is -2.48. The Labute approximate surface area is 143 Å². The number of carbonyl (C=O) groups is 1. The standard InChI is InChI=1S/C21H23NO2/c23-21(24)16-19-13-15-22(19)14-7-12-20(17-8-3-1-4-9-17)18-10-5-2-6-11-18/h1-6,8-12,19H,7,13-16H2,(H,23,24). The van der Waals surface area contributed by atoms with Gasteiger partial charge in [-0.05, 0) is 36.1 Å². The van der Waals surface area contributed by atoms with Crippen LogP contribution in [0.3, 0.4) is 0 Å². The molecule has 1 aliphatic rings. The lowest BCUT2D eigenvalue weighted by Gasteiger charge is -2.40. The van der Waals surface area contributed by atoms with Gasteiger partial charge >= 0.3 is 5.97 Å². The fraction of sp³-hybridized carbons (Fsp3) is 0.286. The Morgan fingerprint density at radius 2 is 1.62 bits per heavy atom. The van der Waals surface area contributed by atoms with Crippen molar-refractivity contribution in [2.75, 3.05) is 13.1 Å². The van der Waals surface area contributed by atoms with E-state index in [1.54, 1.807) is 0 Å². The quantitative estimate of drug-likeness (QED) is 0.836. The highest BCUT2D eigenvalue weighted by atomic mass is 16.4.